The van der Waals surface area contributed by atoms with Crippen LogP contribution < -0.4 is 5.32 Å². The molecule has 1 aromatic rings. The highest BCUT2D eigenvalue weighted by molar-refractivity contribution is 7.13. The molecule has 19 heavy (non-hydrogen) atoms. The molecular formula is C13H20N2O3S. The summed E-state index contributed by atoms with van der Waals surface area (Å²) in [4.78, 5) is 15.8. The fourth-order valence-electron chi connectivity index (χ4n) is 2.07. The lowest BCUT2D eigenvalue weighted by atomic mass is 10.0. The lowest BCUT2D eigenvalue weighted by Crippen LogP contribution is -2.26. The molecule has 2 heterocycles. The third kappa shape index (κ3) is 4.18. The Balaban J connectivity index is 1.84. The van der Waals surface area contributed by atoms with Gasteiger partial charge < -0.3 is 14.8 Å². The molecule has 5 nitrogen and oxygen atoms in total. The number of thiazole rings is 1. The summed E-state index contributed by atoms with van der Waals surface area (Å²) in [5.74, 6) is 0.314. The van der Waals surface area contributed by atoms with Crippen LogP contribution in [0.5, 0.6) is 0 Å². The van der Waals surface area contributed by atoms with Crippen LogP contribution in [0.1, 0.15) is 26.0 Å². The van der Waals surface area contributed by atoms with Gasteiger partial charge in [-0.3, -0.25) is 4.79 Å². The Morgan fingerprint density at radius 3 is 3.26 bits per heavy atom. The van der Waals surface area contributed by atoms with Crippen molar-refractivity contribution in [3.05, 3.63) is 11.1 Å². The predicted molar refractivity (Wildman–Crippen MR) is 74.5 cm³/mol. The number of carbonyl (C=O) groups excluding carboxylic acids is 1. The van der Waals surface area contributed by atoms with Gasteiger partial charge in [0.2, 0.25) is 0 Å². The minimum atomic E-state index is -0.225. The van der Waals surface area contributed by atoms with Crippen LogP contribution in [-0.2, 0) is 20.7 Å². The van der Waals surface area contributed by atoms with E-state index in [9.17, 15) is 4.79 Å². The van der Waals surface area contributed by atoms with Crippen LogP contribution in [0.4, 0.5) is 5.13 Å². The van der Waals surface area contributed by atoms with Gasteiger partial charge in [-0.05, 0) is 20.3 Å². The Labute approximate surface area is 117 Å². The molecule has 106 valence electrons. The van der Waals surface area contributed by atoms with E-state index in [1.165, 1.54) is 11.3 Å². The number of anilines is 1. The quantitative estimate of drug-likeness (QED) is 0.811. The Bertz CT molecular complexity index is 416. The summed E-state index contributed by atoms with van der Waals surface area (Å²) >= 11 is 1.53. The Hall–Kier alpha value is -1.14. The molecule has 1 aliphatic heterocycles. The maximum Gasteiger partial charge on any atom is 0.311 e. The predicted octanol–water partition coefficient (Wildman–Crippen LogP) is 2.09. The van der Waals surface area contributed by atoms with Gasteiger partial charge in [-0.15, -0.1) is 11.3 Å². The van der Waals surface area contributed by atoms with Crippen LogP contribution in [0.15, 0.2) is 5.38 Å². The summed E-state index contributed by atoms with van der Waals surface area (Å²) in [6.45, 7) is 6.02. The van der Waals surface area contributed by atoms with E-state index in [-0.39, 0.29) is 12.4 Å². The molecule has 2 rings (SSSR count). The van der Waals surface area contributed by atoms with E-state index in [0.29, 0.717) is 18.6 Å². The lowest BCUT2D eigenvalue weighted by Gasteiger charge is -2.18. The number of ether oxygens (including phenoxy) is 2. The van der Waals surface area contributed by atoms with Crippen molar-refractivity contribution in [2.75, 3.05) is 25.1 Å². The molecule has 1 aliphatic rings. The second-order valence-corrected chi connectivity index (χ2v) is 5.54. The molecule has 1 N–H and O–H groups in total. The number of nitrogens with zero attached hydrogens (tertiary/aromatic N) is 1. The summed E-state index contributed by atoms with van der Waals surface area (Å²) in [6.07, 6.45) is 1.34. The van der Waals surface area contributed by atoms with Gasteiger partial charge >= 0.3 is 5.97 Å². The van der Waals surface area contributed by atoms with E-state index in [0.717, 1.165) is 30.5 Å². The molecule has 0 spiro atoms. The number of rotatable bonds is 6. The summed E-state index contributed by atoms with van der Waals surface area (Å²) < 4.78 is 10.3. The molecule has 0 radical (unpaired) electrons. The number of carbonyl (C=O) groups is 1. The average Bonchev–Trinajstić information content (AvgIpc) is 3.00. The third-order valence-corrected chi connectivity index (χ3v) is 4.03. The van der Waals surface area contributed by atoms with E-state index < -0.39 is 0 Å². The second kappa shape index (κ2) is 6.86. The van der Waals surface area contributed by atoms with Crippen molar-refractivity contribution in [2.45, 2.75) is 32.7 Å². The molecule has 6 heteroatoms. The monoisotopic (exact) mass is 284 g/mol. The van der Waals surface area contributed by atoms with Crippen molar-refractivity contribution >= 4 is 22.4 Å². The van der Waals surface area contributed by atoms with E-state index in [4.69, 9.17) is 9.47 Å². The number of nitrogens with one attached hydrogen (secondary N) is 1. The molecule has 0 aromatic carbocycles. The fraction of sp³-hybridized carbons (Fsp3) is 0.692. The summed E-state index contributed by atoms with van der Waals surface area (Å²) in [6, 6.07) is 0.337. The molecular weight excluding hydrogens is 264 g/mol. The van der Waals surface area contributed by atoms with Crippen LogP contribution in [0, 0.1) is 5.92 Å². The minimum absolute atomic E-state index is 0.225. The van der Waals surface area contributed by atoms with E-state index in [1.807, 2.05) is 5.38 Å². The molecule has 1 fully saturated rings. The zero-order chi connectivity index (χ0) is 13.7. The molecule has 0 aliphatic carbocycles. The molecule has 1 aromatic heterocycles. The lowest BCUT2D eigenvalue weighted by molar-refractivity contribution is -0.142. The highest BCUT2D eigenvalue weighted by atomic mass is 32.1. The van der Waals surface area contributed by atoms with Crippen LogP contribution in [0.2, 0.25) is 0 Å². The molecule has 0 bridgehead atoms. The zero-order valence-corrected chi connectivity index (χ0v) is 12.2. The SMILES string of the molecule is CCOC(=O)Cc1csc(NC(C)C2CCOC2)n1. The first kappa shape index (κ1) is 14.3. The highest BCUT2D eigenvalue weighted by Gasteiger charge is 2.22. The first-order valence-corrected chi connectivity index (χ1v) is 7.51. The highest BCUT2D eigenvalue weighted by Crippen LogP contribution is 2.22. The average molecular weight is 284 g/mol. The summed E-state index contributed by atoms with van der Waals surface area (Å²) in [7, 11) is 0. The van der Waals surface area contributed by atoms with Crippen molar-refractivity contribution < 1.29 is 14.3 Å². The van der Waals surface area contributed by atoms with Gasteiger partial charge in [-0.25, -0.2) is 4.98 Å². The van der Waals surface area contributed by atoms with Gasteiger partial charge in [-0.1, -0.05) is 0 Å². The largest absolute Gasteiger partial charge is 0.466 e. The summed E-state index contributed by atoms with van der Waals surface area (Å²) in [5.41, 5.74) is 0.765. The van der Waals surface area contributed by atoms with Gasteiger partial charge in [0.1, 0.15) is 0 Å². The van der Waals surface area contributed by atoms with Gasteiger partial charge in [0, 0.05) is 23.9 Å². The number of hydrogen-bond acceptors (Lipinski definition) is 6. The van der Waals surface area contributed by atoms with E-state index in [2.05, 4.69) is 17.2 Å². The third-order valence-electron chi connectivity index (χ3n) is 3.21. The maximum absolute atomic E-state index is 11.4. The van der Waals surface area contributed by atoms with Crippen LogP contribution >= 0.6 is 11.3 Å². The van der Waals surface area contributed by atoms with Gasteiger partial charge in [0.05, 0.1) is 25.3 Å². The Kier molecular flexibility index (Phi) is 5.15. The summed E-state index contributed by atoms with van der Waals surface area (Å²) in [5, 5.41) is 6.14. The van der Waals surface area contributed by atoms with E-state index >= 15 is 0 Å². The topological polar surface area (TPSA) is 60.5 Å². The van der Waals surface area contributed by atoms with Crippen LogP contribution in [-0.4, -0.2) is 36.8 Å². The molecule has 0 amide bonds. The molecule has 2 unspecified atom stereocenters. The first-order valence-electron chi connectivity index (χ1n) is 6.63. The fourth-order valence-corrected chi connectivity index (χ4v) is 2.88. The van der Waals surface area contributed by atoms with Gasteiger partial charge in [-0.2, -0.15) is 0 Å². The standard InChI is InChI=1S/C13H20N2O3S/c1-3-18-12(16)6-11-8-19-13(15-11)14-9(2)10-4-5-17-7-10/h8-10H,3-7H2,1-2H3,(H,14,15). The second-order valence-electron chi connectivity index (χ2n) is 4.68. The maximum atomic E-state index is 11.4. The van der Waals surface area contributed by atoms with Crippen molar-refractivity contribution in [3.8, 4) is 0 Å². The minimum Gasteiger partial charge on any atom is -0.466 e. The first-order chi connectivity index (χ1) is 9.19. The Morgan fingerprint density at radius 2 is 2.58 bits per heavy atom. The number of aromatic nitrogens is 1. The smallest absolute Gasteiger partial charge is 0.311 e. The zero-order valence-electron chi connectivity index (χ0n) is 11.3. The van der Waals surface area contributed by atoms with Crippen molar-refractivity contribution in [1.29, 1.82) is 0 Å². The van der Waals surface area contributed by atoms with Crippen molar-refractivity contribution in [1.82, 2.24) is 4.98 Å². The Morgan fingerprint density at radius 1 is 1.74 bits per heavy atom. The van der Waals surface area contributed by atoms with Gasteiger partial charge in [0.15, 0.2) is 5.13 Å². The van der Waals surface area contributed by atoms with Crippen LogP contribution in [0.3, 0.4) is 0 Å². The number of hydrogen-bond donors (Lipinski definition) is 1. The molecule has 1 saturated heterocycles. The van der Waals surface area contributed by atoms with Crippen molar-refractivity contribution in [2.24, 2.45) is 5.92 Å². The molecule has 2 atom stereocenters. The van der Waals surface area contributed by atoms with Gasteiger partial charge in [0.25, 0.3) is 0 Å². The van der Waals surface area contributed by atoms with Crippen LogP contribution in [0.25, 0.3) is 0 Å². The van der Waals surface area contributed by atoms with E-state index in [1.54, 1.807) is 6.92 Å². The van der Waals surface area contributed by atoms with Crippen molar-refractivity contribution in [3.63, 3.8) is 0 Å². The normalized spacial score (nSPS) is 20.2. The molecule has 0 saturated carbocycles. The number of esters is 1.